The molecule has 0 aliphatic carbocycles. The van der Waals surface area contributed by atoms with Gasteiger partial charge in [-0.2, -0.15) is 0 Å². The molecule has 4 nitrogen and oxygen atoms in total. The number of halogens is 1. The lowest BCUT2D eigenvalue weighted by Crippen LogP contribution is -2.10. The maximum absolute atomic E-state index is 11.1. The second kappa shape index (κ2) is 6.39. The quantitative estimate of drug-likeness (QED) is 0.635. The first kappa shape index (κ1) is 14.3. The summed E-state index contributed by atoms with van der Waals surface area (Å²) in [6.07, 6.45) is 0.823. The van der Waals surface area contributed by atoms with Crippen molar-refractivity contribution in [3.63, 3.8) is 0 Å². The van der Waals surface area contributed by atoms with Crippen molar-refractivity contribution < 1.29 is 4.92 Å². The summed E-state index contributed by atoms with van der Waals surface area (Å²) in [6.45, 7) is 2.03. The zero-order chi connectivity index (χ0) is 14.5. The van der Waals surface area contributed by atoms with Gasteiger partial charge in [0, 0.05) is 11.1 Å². The van der Waals surface area contributed by atoms with Crippen molar-refractivity contribution in [3.05, 3.63) is 69.2 Å². The summed E-state index contributed by atoms with van der Waals surface area (Å²) in [5, 5.41) is 14.7. The Morgan fingerprint density at radius 3 is 2.55 bits per heavy atom. The number of benzene rings is 2. The van der Waals surface area contributed by atoms with Gasteiger partial charge in [-0.05, 0) is 24.1 Å². The molecule has 0 fully saturated rings. The van der Waals surface area contributed by atoms with Crippen LogP contribution in [0.3, 0.4) is 0 Å². The molecule has 0 aliphatic rings. The molecule has 0 radical (unpaired) electrons. The summed E-state index contributed by atoms with van der Waals surface area (Å²) >= 11 is 5.82. The molecule has 0 saturated carbocycles. The number of hydrogen-bond acceptors (Lipinski definition) is 3. The molecule has 0 heterocycles. The molecule has 1 N–H and O–H groups in total. The second-order valence-electron chi connectivity index (χ2n) is 4.43. The minimum Gasteiger partial charge on any atom is -0.373 e. The summed E-state index contributed by atoms with van der Waals surface area (Å²) in [6, 6.07) is 14.5. The zero-order valence-corrected chi connectivity index (χ0v) is 11.8. The van der Waals surface area contributed by atoms with E-state index in [2.05, 4.69) is 5.32 Å². The molecule has 1 atom stereocenters. The molecule has 2 aromatic rings. The van der Waals surface area contributed by atoms with E-state index in [1.807, 2.05) is 37.3 Å². The first-order valence-electron chi connectivity index (χ1n) is 6.37. The smallest absolute Gasteiger partial charge is 0.293 e. The lowest BCUT2D eigenvalue weighted by molar-refractivity contribution is -0.384. The highest BCUT2D eigenvalue weighted by atomic mass is 35.5. The number of nitro benzene ring substituents is 1. The summed E-state index contributed by atoms with van der Waals surface area (Å²) in [4.78, 5) is 10.7. The van der Waals surface area contributed by atoms with Crippen LogP contribution in [0.2, 0.25) is 5.02 Å². The zero-order valence-electron chi connectivity index (χ0n) is 11.0. The Morgan fingerprint density at radius 1 is 1.25 bits per heavy atom. The number of hydrogen-bond donors (Lipinski definition) is 1. The monoisotopic (exact) mass is 290 g/mol. The molecule has 20 heavy (non-hydrogen) atoms. The number of nitro groups is 1. The maximum atomic E-state index is 11.1. The van der Waals surface area contributed by atoms with Crippen LogP contribution in [0.4, 0.5) is 11.4 Å². The standard InChI is InChI=1S/C15H15ClN2O2/c1-2-13(11-6-4-3-5-7-11)17-14-9-8-12(16)10-15(14)18(19)20/h3-10,13,17H,2H2,1H3. The van der Waals surface area contributed by atoms with Gasteiger partial charge in [-0.1, -0.05) is 48.9 Å². The van der Waals surface area contributed by atoms with Crippen molar-refractivity contribution in [2.75, 3.05) is 5.32 Å². The minimum atomic E-state index is -0.425. The van der Waals surface area contributed by atoms with Crippen LogP contribution in [0.5, 0.6) is 0 Å². The molecule has 5 heteroatoms. The third-order valence-corrected chi connectivity index (χ3v) is 3.33. The van der Waals surface area contributed by atoms with Crippen molar-refractivity contribution in [3.8, 4) is 0 Å². The minimum absolute atomic E-state index is 0.00752. The number of anilines is 1. The van der Waals surface area contributed by atoms with Gasteiger partial charge in [0.05, 0.1) is 11.0 Å². The van der Waals surface area contributed by atoms with E-state index in [0.717, 1.165) is 12.0 Å². The van der Waals surface area contributed by atoms with Gasteiger partial charge in [-0.25, -0.2) is 0 Å². The van der Waals surface area contributed by atoms with Crippen molar-refractivity contribution in [2.45, 2.75) is 19.4 Å². The molecular weight excluding hydrogens is 276 g/mol. The van der Waals surface area contributed by atoms with E-state index in [0.29, 0.717) is 10.7 Å². The summed E-state index contributed by atoms with van der Waals surface area (Å²) in [5.74, 6) is 0. The fourth-order valence-corrected chi connectivity index (χ4v) is 2.24. The molecule has 0 spiro atoms. The van der Waals surface area contributed by atoms with Gasteiger partial charge in [-0.3, -0.25) is 10.1 Å². The van der Waals surface area contributed by atoms with Crippen LogP contribution >= 0.6 is 11.6 Å². The number of rotatable bonds is 5. The summed E-state index contributed by atoms with van der Waals surface area (Å²) in [7, 11) is 0. The van der Waals surface area contributed by atoms with Crippen LogP contribution in [-0.2, 0) is 0 Å². The van der Waals surface area contributed by atoms with E-state index in [1.165, 1.54) is 6.07 Å². The van der Waals surface area contributed by atoms with E-state index in [4.69, 9.17) is 11.6 Å². The Hall–Kier alpha value is -2.07. The summed E-state index contributed by atoms with van der Waals surface area (Å²) in [5.41, 5.74) is 1.57. The largest absolute Gasteiger partial charge is 0.373 e. The molecule has 0 bridgehead atoms. The first-order chi connectivity index (χ1) is 9.61. The topological polar surface area (TPSA) is 55.2 Å². The normalized spacial score (nSPS) is 11.9. The average molecular weight is 291 g/mol. The molecule has 0 aromatic heterocycles. The predicted molar refractivity (Wildman–Crippen MR) is 81.2 cm³/mol. The first-order valence-corrected chi connectivity index (χ1v) is 6.75. The van der Waals surface area contributed by atoms with Crippen LogP contribution in [0, 0.1) is 10.1 Å². The van der Waals surface area contributed by atoms with Crippen molar-refractivity contribution in [2.24, 2.45) is 0 Å². The van der Waals surface area contributed by atoms with Crippen LogP contribution in [-0.4, -0.2) is 4.92 Å². The van der Waals surface area contributed by atoms with Gasteiger partial charge in [0.2, 0.25) is 0 Å². The molecule has 2 aromatic carbocycles. The molecule has 0 amide bonds. The third-order valence-electron chi connectivity index (χ3n) is 3.10. The highest BCUT2D eigenvalue weighted by Crippen LogP contribution is 2.31. The van der Waals surface area contributed by atoms with Gasteiger partial charge in [-0.15, -0.1) is 0 Å². The van der Waals surface area contributed by atoms with Gasteiger partial charge < -0.3 is 5.32 Å². The Labute approximate surface area is 122 Å². The average Bonchev–Trinajstić information content (AvgIpc) is 2.46. The van der Waals surface area contributed by atoms with Gasteiger partial charge >= 0.3 is 0 Å². The van der Waals surface area contributed by atoms with Gasteiger partial charge in [0.25, 0.3) is 5.69 Å². The Bertz CT molecular complexity index is 602. The SMILES string of the molecule is CCC(Nc1ccc(Cl)cc1[N+](=O)[O-])c1ccccc1. The van der Waals surface area contributed by atoms with Crippen LogP contribution < -0.4 is 5.32 Å². The van der Waals surface area contributed by atoms with Crippen molar-refractivity contribution >= 4 is 23.0 Å². The van der Waals surface area contributed by atoms with Crippen LogP contribution in [0.1, 0.15) is 24.9 Å². The fourth-order valence-electron chi connectivity index (χ4n) is 2.07. The summed E-state index contributed by atoms with van der Waals surface area (Å²) < 4.78 is 0. The fraction of sp³-hybridized carbons (Fsp3) is 0.200. The van der Waals surface area contributed by atoms with Crippen molar-refractivity contribution in [1.29, 1.82) is 0 Å². The lowest BCUT2D eigenvalue weighted by Gasteiger charge is -2.18. The van der Waals surface area contributed by atoms with Crippen LogP contribution in [0.15, 0.2) is 48.5 Å². The van der Waals surface area contributed by atoms with E-state index in [9.17, 15) is 10.1 Å². The van der Waals surface area contributed by atoms with E-state index in [1.54, 1.807) is 12.1 Å². The number of nitrogens with one attached hydrogen (secondary N) is 1. The van der Waals surface area contributed by atoms with Crippen molar-refractivity contribution in [1.82, 2.24) is 0 Å². The molecule has 104 valence electrons. The van der Waals surface area contributed by atoms with E-state index < -0.39 is 4.92 Å². The van der Waals surface area contributed by atoms with E-state index >= 15 is 0 Å². The molecule has 2 rings (SSSR count). The van der Waals surface area contributed by atoms with E-state index in [-0.39, 0.29) is 11.7 Å². The van der Waals surface area contributed by atoms with Gasteiger partial charge in [0.1, 0.15) is 5.69 Å². The second-order valence-corrected chi connectivity index (χ2v) is 4.87. The highest BCUT2D eigenvalue weighted by molar-refractivity contribution is 6.30. The Morgan fingerprint density at radius 2 is 1.95 bits per heavy atom. The molecule has 0 saturated heterocycles. The maximum Gasteiger partial charge on any atom is 0.293 e. The Kier molecular flexibility index (Phi) is 4.58. The van der Waals surface area contributed by atoms with Crippen LogP contribution in [0.25, 0.3) is 0 Å². The lowest BCUT2D eigenvalue weighted by atomic mass is 10.0. The molecule has 0 aliphatic heterocycles. The van der Waals surface area contributed by atoms with Gasteiger partial charge in [0.15, 0.2) is 0 Å². The third kappa shape index (κ3) is 3.27. The predicted octanol–water partition coefficient (Wildman–Crippen LogP) is 4.81. The Balaban J connectivity index is 2.31. The highest BCUT2D eigenvalue weighted by Gasteiger charge is 2.17. The number of nitrogens with zero attached hydrogens (tertiary/aromatic N) is 1. The molecule has 1 unspecified atom stereocenters. The molecular formula is C15H15ClN2O2.